The quantitative estimate of drug-likeness (QED) is 0.824. The number of anilines is 1. The molecule has 2 rings (SSSR count). The van der Waals surface area contributed by atoms with Crippen molar-refractivity contribution in [1.29, 1.82) is 0 Å². The van der Waals surface area contributed by atoms with Crippen molar-refractivity contribution in [3.05, 3.63) is 46.9 Å². The average molecular weight is 237 g/mol. The number of halogens is 2. The van der Waals surface area contributed by atoms with Crippen LogP contribution in [0, 0.1) is 12.7 Å². The third-order valence-corrected chi connectivity index (χ3v) is 2.60. The number of nitrogens with two attached hydrogens (primary N) is 1. The molecular weight excluding hydrogens is 227 g/mol. The largest absolute Gasteiger partial charge is 0.397 e. The minimum absolute atomic E-state index is 0.348. The Bertz CT molecular complexity index is 491. The fourth-order valence-corrected chi connectivity index (χ4v) is 1.82. The molecule has 1 aromatic heterocycles. The molecule has 0 fully saturated rings. The minimum Gasteiger partial charge on any atom is -0.397 e. The molecule has 0 aliphatic rings. The van der Waals surface area contributed by atoms with Gasteiger partial charge in [-0.25, -0.2) is 4.39 Å². The Labute approximate surface area is 97.9 Å². The highest BCUT2D eigenvalue weighted by molar-refractivity contribution is 6.33. The Morgan fingerprint density at radius 2 is 2.06 bits per heavy atom. The van der Waals surface area contributed by atoms with E-state index in [9.17, 15) is 4.39 Å². The summed E-state index contributed by atoms with van der Waals surface area (Å²) in [6, 6.07) is 6.05. The molecule has 0 radical (unpaired) electrons. The van der Waals surface area contributed by atoms with Gasteiger partial charge in [-0.3, -0.25) is 4.98 Å². The Morgan fingerprint density at radius 1 is 1.31 bits per heavy atom. The normalized spacial score (nSPS) is 10.4. The van der Waals surface area contributed by atoms with Gasteiger partial charge in [-0.05, 0) is 36.8 Å². The summed E-state index contributed by atoms with van der Waals surface area (Å²) in [5.74, 6) is -0.359. The maximum Gasteiger partial charge on any atom is 0.124 e. The van der Waals surface area contributed by atoms with E-state index in [4.69, 9.17) is 17.3 Å². The first-order chi connectivity index (χ1) is 7.58. The highest BCUT2D eigenvalue weighted by Crippen LogP contribution is 2.29. The third kappa shape index (κ3) is 1.99. The number of aromatic nitrogens is 1. The Kier molecular flexibility index (Phi) is 2.79. The predicted octanol–water partition coefficient (Wildman–Crippen LogP) is 3.43. The van der Waals surface area contributed by atoms with Gasteiger partial charge in [0, 0.05) is 5.56 Å². The molecule has 16 heavy (non-hydrogen) atoms. The van der Waals surface area contributed by atoms with Crippen molar-refractivity contribution >= 4 is 17.3 Å². The van der Waals surface area contributed by atoms with Crippen molar-refractivity contribution in [1.82, 2.24) is 4.98 Å². The number of hydrogen-bond donors (Lipinski definition) is 1. The average Bonchev–Trinajstić information content (AvgIpc) is 2.19. The number of rotatable bonds is 1. The van der Waals surface area contributed by atoms with Gasteiger partial charge in [-0.1, -0.05) is 11.6 Å². The summed E-state index contributed by atoms with van der Waals surface area (Å²) in [6.07, 6.45) is 1.56. The van der Waals surface area contributed by atoms with Crippen LogP contribution in [0.2, 0.25) is 5.02 Å². The molecule has 0 aliphatic heterocycles. The van der Waals surface area contributed by atoms with Crippen LogP contribution in [-0.2, 0) is 0 Å². The van der Waals surface area contributed by atoms with Gasteiger partial charge in [-0.2, -0.15) is 0 Å². The van der Waals surface area contributed by atoms with E-state index >= 15 is 0 Å². The van der Waals surface area contributed by atoms with Crippen LogP contribution in [0.5, 0.6) is 0 Å². The molecule has 0 spiro atoms. The van der Waals surface area contributed by atoms with E-state index in [1.54, 1.807) is 12.3 Å². The summed E-state index contributed by atoms with van der Waals surface area (Å²) in [5, 5.41) is 0.348. The van der Waals surface area contributed by atoms with Gasteiger partial charge in [0.2, 0.25) is 0 Å². The van der Waals surface area contributed by atoms with Crippen molar-refractivity contribution < 1.29 is 4.39 Å². The van der Waals surface area contributed by atoms with Crippen molar-refractivity contribution in [3.8, 4) is 11.3 Å². The van der Waals surface area contributed by atoms with Crippen LogP contribution in [0.3, 0.4) is 0 Å². The van der Waals surface area contributed by atoms with Gasteiger partial charge >= 0.3 is 0 Å². The van der Waals surface area contributed by atoms with Crippen molar-refractivity contribution in [2.24, 2.45) is 0 Å². The van der Waals surface area contributed by atoms with E-state index in [1.807, 2.05) is 13.0 Å². The SMILES string of the molecule is Cc1cc(N)cnc1-c1ccc(F)cc1Cl. The number of nitrogen functional groups attached to an aromatic ring is 1. The van der Waals surface area contributed by atoms with Crippen LogP contribution >= 0.6 is 11.6 Å². The Balaban J connectivity index is 2.59. The molecule has 0 unspecified atom stereocenters. The summed E-state index contributed by atoms with van der Waals surface area (Å²) in [4.78, 5) is 4.21. The number of nitrogens with zero attached hydrogens (tertiary/aromatic N) is 1. The van der Waals surface area contributed by atoms with Gasteiger partial charge in [0.25, 0.3) is 0 Å². The lowest BCUT2D eigenvalue weighted by atomic mass is 10.1. The fraction of sp³-hybridized carbons (Fsp3) is 0.0833. The number of benzene rings is 1. The van der Waals surface area contributed by atoms with E-state index in [0.29, 0.717) is 16.3 Å². The molecule has 1 heterocycles. The molecule has 0 saturated carbocycles. The van der Waals surface area contributed by atoms with E-state index in [0.717, 1.165) is 11.3 Å². The van der Waals surface area contributed by atoms with Crippen LogP contribution < -0.4 is 5.73 Å². The highest BCUT2D eigenvalue weighted by Gasteiger charge is 2.08. The van der Waals surface area contributed by atoms with E-state index in [1.165, 1.54) is 12.1 Å². The molecule has 2 nitrogen and oxygen atoms in total. The van der Waals surface area contributed by atoms with Crippen LogP contribution in [0.15, 0.2) is 30.5 Å². The molecule has 0 saturated heterocycles. The summed E-state index contributed by atoms with van der Waals surface area (Å²) in [6.45, 7) is 1.89. The summed E-state index contributed by atoms with van der Waals surface area (Å²) in [7, 11) is 0. The van der Waals surface area contributed by atoms with Gasteiger partial charge in [0.1, 0.15) is 5.82 Å². The minimum atomic E-state index is -0.359. The smallest absolute Gasteiger partial charge is 0.124 e. The lowest BCUT2D eigenvalue weighted by molar-refractivity contribution is 0.628. The molecular formula is C12H10ClFN2. The molecule has 4 heteroatoms. The van der Waals surface area contributed by atoms with Crippen molar-refractivity contribution in [2.75, 3.05) is 5.73 Å². The van der Waals surface area contributed by atoms with E-state index in [2.05, 4.69) is 4.98 Å². The Hall–Kier alpha value is -1.61. The summed E-state index contributed by atoms with van der Waals surface area (Å²) in [5.41, 5.74) is 8.55. The van der Waals surface area contributed by atoms with Crippen LogP contribution in [0.4, 0.5) is 10.1 Å². The van der Waals surface area contributed by atoms with Crippen LogP contribution in [-0.4, -0.2) is 4.98 Å². The molecule has 2 N–H and O–H groups in total. The maximum absolute atomic E-state index is 12.9. The fourth-order valence-electron chi connectivity index (χ4n) is 1.56. The molecule has 82 valence electrons. The number of pyridine rings is 1. The standard InChI is InChI=1S/C12H10ClFN2/c1-7-4-9(15)6-16-12(7)10-3-2-8(14)5-11(10)13/h2-6H,15H2,1H3. The van der Waals surface area contributed by atoms with Crippen molar-refractivity contribution in [2.45, 2.75) is 6.92 Å². The molecule has 0 aliphatic carbocycles. The van der Waals surface area contributed by atoms with E-state index in [-0.39, 0.29) is 5.82 Å². The summed E-state index contributed by atoms with van der Waals surface area (Å²) < 4.78 is 12.9. The number of aryl methyl sites for hydroxylation is 1. The van der Waals surface area contributed by atoms with Gasteiger partial charge < -0.3 is 5.73 Å². The molecule has 0 amide bonds. The monoisotopic (exact) mass is 236 g/mol. The Morgan fingerprint density at radius 3 is 2.69 bits per heavy atom. The maximum atomic E-state index is 12.9. The topological polar surface area (TPSA) is 38.9 Å². The third-order valence-electron chi connectivity index (χ3n) is 2.29. The second kappa shape index (κ2) is 4.10. The van der Waals surface area contributed by atoms with Gasteiger partial charge in [0.15, 0.2) is 0 Å². The zero-order valence-corrected chi connectivity index (χ0v) is 9.42. The predicted molar refractivity (Wildman–Crippen MR) is 63.8 cm³/mol. The van der Waals surface area contributed by atoms with Crippen LogP contribution in [0.1, 0.15) is 5.56 Å². The lowest BCUT2D eigenvalue weighted by Gasteiger charge is -2.07. The highest BCUT2D eigenvalue weighted by atomic mass is 35.5. The molecule has 0 bridgehead atoms. The molecule has 0 atom stereocenters. The zero-order valence-electron chi connectivity index (χ0n) is 8.67. The first-order valence-electron chi connectivity index (χ1n) is 4.75. The first-order valence-corrected chi connectivity index (χ1v) is 5.13. The lowest BCUT2D eigenvalue weighted by Crippen LogP contribution is -1.93. The first kappa shape index (κ1) is 10.9. The number of hydrogen-bond acceptors (Lipinski definition) is 2. The molecule has 2 aromatic rings. The van der Waals surface area contributed by atoms with Crippen LogP contribution in [0.25, 0.3) is 11.3 Å². The van der Waals surface area contributed by atoms with E-state index < -0.39 is 0 Å². The second-order valence-corrected chi connectivity index (χ2v) is 3.97. The molecule has 1 aromatic carbocycles. The van der Waals surface area contributed by atoms with Crippen molar-refractivity contribution in [3.63, 3.8) is 0 Å². The second-order valence-electron chi connectivity index (χ2n) is 3.56. The zero-order chi connectivity index (χ0) is 11.7. The summed E-state index contributed by atoms with van der Waals surface area (Å²) >= 11 is 5.96. The van der Waals surface area contributed by atoms with Gasteiger partial charge in [-0.15, -0.1) is 0 Å². The van der Waals surface area contributed by atoms with Gasteiger partial charge in [0.05, 0.1) is 22.6 Å².